The number of hydrogen-bond acceptors (Lipinski definition) is 6. The van der Waals surface area contributed by atoms with Crippen molar-refractivity contribution in [1.82, 2.24) is 10.3 Å². The van der Waals surface area contributed by atoms with E-state index >= 15 is 0 Å². The maximum absolute atomic E-state index is 12.2. The second kappa shape index (κ2) is 9.94. The van der Waals surface area contributed by atoms with E-state index in [9.17, 15) is 9.35 Å². The van der Waals surface area contributed by atoms with Crippen molar-refractivity contribution in [2.45, 2.75) is 19.0 Å². The second-order valence-electron chi connectivity index (χ2n) is 5.46. The van der Waals surface area contributed by atoms with Crippen molar-refractivity contribution in [1.29, 1.82) is 0 Å². The highest BCUT2D eigenvalue weighted by molar-refractivity contribution is 7.91. The number of halogens is 1. The van der Waals surface area contributed by atoms with Crippen LogP contribution in [0.25, 0.3) is 11.5 Å². The fourth-order valence-electron chi connectivity index (χ4n) is 2.14. The number of aryl methyl sites for hydroxylation is 1. The molecule has 7 nitrogen and oxygen atoms in total. The molecule has 0 aliphatic carbocycles. The topological polar surface area (TPSA) is 96.7 Å². The van der Waals surface area contributed by atoms with Crippen LogP contribution in [0.5, 0.6) is 0 Å². The number of nitrogens with one attached hydrogen (secondary N) is 1. The molecule has 0 bridgehead atoms. The molecule has 1 heterocycles. The molecule has 0 aliphatic rings. The summed E-state index contributed by atoms with van der Waals surface area (Å²) in [6.07, 6.45) is -0.535. The number of benzene rings is 1. The van der Waals surface area contributed by atoms with Crippen molar-refractivity contribution in [3.63, 3.8) is 0 Å². The Morgan fingerprint density at radius 1 is 1.35 bits per heavy atom. The number of methoxy groups -OCH3 is 2. The number of rotatable bonds is 9. The Bertz CT molecular complexity index is 718. The van der Waals surface area contributed by atoms with Crippen molar-refractivity contribution in [2.24, 2.45) is 0 Å². The lowest BCUT2D eigenvalue weighted by Gasteiger charge is -2.14. The van der Waals surface area contributed by atoms with Gasteiger partial charge in [0.1, 0.15) is 11.5 Å². The summed E-state index contributed by atoms with van der Waals surface area (Å²) < 4.78 is 27.8. The minimum atomic E-state index is -1.41. The normalized spacial score (nSPS) is 12.4. The van der Waals surface area contributed by atoms with Crippen LogP contribution in [0.1, 0.15) is 11.5 Å². The zero-order valence-corrected chi connectivity index (χ0v) is 16.4. The van der Waals surface area contributed by atoms with Gasteiger partial charge in [0.05, 0.1) is 6.54 Å². The summed E-state index contributed by atoms with van der Waals surface area (Å²) in [6, 6.07) is 7.07. The summed E-state index contributed by atoms with van der Waals surface area (Å²) in [5.41, 5.74) is 1.34. The molecule has 2 aromatic rings. The molecule has 1 aromatic carbocycles. The van der Waals surface area contributed by atoms with Crippen LogP contribution in [-0.2, 0) is 31.2 Å². The Hall–Kier alpha value is -1.58. The largest absolute Gasteiger partial charge is 0.616 e. The van der Waals surface area contributed by atoms with Gasteiger partial charge in [-0.05, 0) is 42.4 Å². The first-order valence-electron chi connectivity index (χ1n) is 7.82. The SMILES string of the molecule is COC(CNC(=O)C[S+]([O-])Cc1nc(-c2ccc(Cl)cc2)oc1C)OC. The lowest BCUT2D eigenvalue weighted by Crippen LogP contribution is -2.37. The fourth-order valence-corrected chi connectivity index (χ4v) is 3.33. The lowest BCUT2D eigenvalue weighted by atomic mass is 10.2. The Kier molecular flexibility index (Phi) is 7.92. The minimum absolute atomic E-state index is 0.133. The first kappa shape index (κ1) is 20.7. The highest BCUT2D eigenvalue weighted by Crippen LogP contribution is 2.24. The number of aromatic nitrogens is 1. The molecular weight excluding hydrogens is 380 g/mol. The molecule has 1 N–H and O–H groups in total. The van der Waals surface area contributed by atoms with Gasteiger partial charge < -0.3 is 23.8 Å². The average Bonchev–Trinajstić information content (AvgIpc) is 2.97. The highest BCUT2D eigenvalue weighted by atomic mass is 35.5. The van der Waals surface area contributed by atoms with Gasteiger partial charge in [-0.25, -0.2) is 4.98 Å². The van der Waals surface area contributed by atoms with E-state index in [-0.39, 0.29) is 24.0 Å². The zero-order chi connectivity index (χ0) is 19.1. The predicted octanol–water partition coefficient (Wildman–Crippen LogP) is 2.29. The molecule has 0 aliphatic heterocycles. The Morgan fingerprint density at radius 2 is 2.00 bits per heavy atom. The molecule has 1 atom stereocenters. The molecule has 142 valence electrons. The first-order chi connectivity index (χ1) is 12.4. The van der Waals surface area contributed by atoms with Crippen molar-refractivity contribution in [3.05, 3.63) is 40.7 Å². The van der Waals surface area contributed by atoms with Crippen LogP contribution >= 0.6 is 11.6 Å². The summed E-state index contributed by atoms with van der Waals surface area (Å²) in [5.74, 6) is 0.652. The Balaban J connectivity index is 1.91. The maximum atomic E-state index is 12.2. The fraction of sp³-hybridized carbons (Fsp3) is 0.412. The third-order valence-corrected chi connectivity index (χ3v) is 5.00. The molecule has 0 spiro atoms. The number of amides is 1. The van der Waals surface area contributed by atoms with E-state index in [1.165, 1.54) is 14.2 Å². The van der Waals surface area contributed by atoms with Crippen LogP contribution in [0, 0.1) is 6.92 Å². The van der Waals surface area contributed by atoms with Gasteiger partial charge in [-0.15, -0.1) is 0 Å². The molecule has 1 unspecified atom stereocenters. The van der Waals surface area contributed by atoms with Gasteiger partial charge in [-0.2, -0.15) is 0 Å². The van der Waals surface area contributed by atoms with E-state index in [0.717, 1.165) is 5.56 Å². The molecule has 0 fully saturated rings. The molecular formula is C17H21ClN2O5S. The van der Waals surface area contributed by atoms with Gasteiger partial charge in [0, 0.05) is 24.8 Å². The number of carbonyl (C=O) groups is 1. The second-order valence-corrected chi connectivity index (χ2v) is 7.36. The van der Waals surface area contributed by atoms with E-state index in [2.05, 4.69) is 10.3 Å². The summed E-state index contributed by atoms with van der Waals surface area (Å²) in [4.78, 5) is 16.2. The van der Waals surface area contributed by atoms with Crippen molar-refractivity contribution in [2.75, 3.05) is 26.5 Å². The smallest absolute Gasteiger partial charge is 0.270 e. The van der Waals surface area contributed by atoms with Crippen LogP contribution in [0.3, 0.4) is 0 Å². The standard InChI is InChI=1S/C17H21ClN2O5S/c1-11-14(20-17(25-11)12-4-6-13(18)7-5-12)9-26(22)10-15(21)19-8-16(23-2)24-3/h4-7,16H,8-10H2,1-3H3,(H,19,21). The number of nitrogens with zero attached hydrogens (tertiary/aromatic N) is 1. The maximum Gasteiger partial charge on any atom is 0.270 e. The first-order valence-corrected chi connectivity index (χ1v) is 9.69. The third kappa shape index (κ3) is 6.00. The van der Waals surface area contributed by atoms with Crippen LogP contribution < -0.4 is 5.32 Å². The number of oxazole rings is 1. The number of hydrogen-bond donors (Lipinski definition) is 1. The van der Waals surface area contributed by atoms with Gasteiger partial charge in [0.2, 0.25) is 5.89 Å². The molecule has 1 amide bonds. The predicted molar refractivity (Wildman–Crippen MR) is 99.2 cm³/mol. The molecule has 0 saturated heterocycles. The van der Waals surface area contributed by atoms with Gasteiger partial charge >= 0.3 is 0 Å². The van der Waals surface area contributed by atoms with E-state index < -0.39 is 17.5 Å². The summed E-state index contributed by atoms with van der Waals surface area (Å²) in [5, 5.41) is 3.23. The Morgan fingerprint density at radius 3 is 2.62 bits per heavy atom. The molecule has 26 heavy (non-hydrogen) atoms. The number of ether oxygens (including phenoxy) is 2. The van der Waals surface area contributed by atoms with E-state index in [1.54, 1.807) is 31.2 Å². The Labute approximate surface area is 160 Å². The quantitative estimate of drug-likeness (QED) is 0.512. The zero-order valence-electron chi connectivity index (χ0n) is 14.8. The van der Waals surface area contributed by atoms with Gasteiger partial charge in [0.25, 0.3) is 5.91 Å². The van der Waals surface area contributed by atoms with Crippen LogP contribution in [-0.4, -0.2) is 48.3 Å². The monoisotopic (exact) mass is 400 g/mol. The molecule has 0 radical (unpaired) electrons. The molecule has 2 rings (SSSR count). The number of carbonyl (C=O) groups excluding carboxylic acids is 1. The van der Waals surface area contributed by atoms with Gasteiger partial charge in [0.15, 0.2) is 17.8 Å². The van der Waals surface area contributed by atoms with E-state index in [4.69, 9.17) is 25.5 Å². The summed E-state index contributed by atoms with van der Waals surface area (Å²) in [6.45, 7) is 1.94. The van der Waals surface area contributed by atoms with Gasteiger partial charge in [-0.1, -0.05) is 11.6 Å². The minimum Gasteiger partial charge on any atom is -0.616 e. The average molecular weight is 401 g/mol. The van der Waals surface area contributed by atoms with Crippen molar-refractivity contribution < 1.29 is 23.2 Å². The molecule has 0 saturated carbocycles. The molecule has 1 aromatic heterocycles. The summed E-state index contributed by atoms with van der Waals surface area (Å²) >= 11 is 4.46. The lowest BCUT2D eigenvalue weighted by molar-refractivity contribution is -0.125. The highest BCUT2D eigenvalue weighted by Gasteiger charge is 2.20. The van der Waals surface area contributed by atoms with Crippen LogP contribution in [0.2, 0.25) is 5.02 Å². The summed E-state index contributed by atoms with van der Waals surface area (Å²) in [7, 11) is 2.95. The molecule has 9 heteroatoms. The third-order valence-electron chi connectivity index (χ3n) is 3.57. The van der Waals surface area contributed by atoms with E-state index in [0.29, 0.717) is 22.4 Å². The van der Waals surface area contributed by atoms with E-state index in [1.807, 2.05) is 0 Å². The van der Waals surface area contributed by atoms with Crippen LogP contribution in [0.4, 0.5) is 0 Å². The van der Waals surface area contributed by atoms with Crippen molar-refractivity contribution in [3.8, 4) is 11.5 Å². The van der Waals surface area contributed by atoms with Crippen LogP contribution in [0.15, 0.2) is 28.7 Å². The van der Waals surface area contributed by atoms with Gasteiger partial charge in [-0.3, -0.25) is 4.79 Å². The van der Waals surface area contributed by atoms with Crippen molar-refractivity contribution >= 4 is 28.7 Å².